The Morgan fingerprint density at radius 3 is 2.85 bits per heavy atom. The Bertz CT molecular complexity index is 875. The predicted molar refractivity (Wildman–Crippen MR) is 103 cm³/mol. The molecule has 26 heavy (non-hydrogen) atoms. The molecular formula is C19H21N5OS. The van der Waals surface area contributed by atoms with Gasteiger partial charge in [-0.2, -0.15) is 0 Å². The fourth-order valence-electron chi connectivity index (χ4n) is 3.24. The van der Waals surface area contributed by atoms with Crippen LogP contribution in [0.25, 0.3) is 16.4 Å². The largest absolute Gasteiger partial charge is 0.346 e. The van der Waals surface area contributed by atoms with Crippen molar-refractivity contribution in [3.8, 4) is 16.4 Å². The van der Waals surface area contributed by atoms with E-state index in [0.29, 0.717) is 11.9 Å². The summed E-state index contributed by atoms with van der Waals surface area (Å²) in [6.45, 7) is 3.05. The summed E-state index contributed by atoms with van der Waals surface area (Å²) < 4.78 is 1.74. The third kappa shape index (κ3) is 3.54. The van der Waals surface area contributed by atoms with Gasteiger partial charge >= 0.3 is 0 Å². The summed E-state index contributed by atoms with van der Waals surface area (Å²) in [5.41, 5.74) is 0.887. The summed E-state index contributed by atoms with van der Waals surface area (Å²) in [6.07, 6.45) is 1.84. The molecule has 7 heteroatoms. The zero-order valence-corrected chi connectivity index (χ0v) is 15.4. The van der Waals surface area contributed by atoms with E-state index in [9.17, 15) is 4.79 Å². The SMILES string of the molecule is CC1CC(NC(=O)c2nc(-c3cccs3)n(-c3ccccc3)n2)CCN1. The zero-order chi connectivity index (χ0) is 17.9. The van der Waals surface area contributed by atoms with Crippen LogP contribution in [0.4, 0.5) is 0 Å². The van der Waals surface area contributed by atoms with Gasteiger partial charge in [-0.25, -0.2) is 9.67 Å². The van der Waals surface area contributed by atoms with Crippen LogP contribution in [0, 0.1) is 0 Å². The van der Waals surface area contributed by atoms with Crippen molar-refractivity contribution in [2.24, 2.45) is 0 Å². The Labute approximate surface area is 156 Å². The van der Waals surface area contributed by atoms with Crippen LogP contribution in [0.15, 0.2) is 47.8 Å². The molecule has 2 atom stereocenters. The maximum absolute atomic E-state index is 12.7. The number of hydrogen-bond donors (Lipinski definition) is 2. The molecule has 1 aliphatic heterocycles. The third-order valence-electron chi connectivity index (χ3n) is 4.51. The number of para-hydroxylation sites is 1. The maximum Gasteiger partial charge on any atom is 0.291 e. The summed E-state index contributed by atoms with van der Waals surface area (Å²) in [7, 11) is 0. The lowest BCUT2D eigenvalue weighted by Gasteiger charge is -2.28. The van der Waals surface area contributed by atoms with Crippen molar-refractivity contribution in [3.63, 3.8) is 0 Å². The molecule has 3 heterocycles. The summed E-state index contributed by atoms with van der Waals surface area (Å²) in [4.78, 5) is 18.2. The number of rotatable bonds is 4. The molecule has 6 nitrogen and oxygen atoms in total. The van der Waals surface area contributed by atoms with Crippen LogP contribution in [0.1, 0.15) is 30.4 Å². The van der Waals surface area contributed by atoms with Gasteiger partial charge in [-0.1, -0.05) is 24.3 Å². The number of aromatic nitrogens is 3. The number of hydrogen-bond acceptors (Lipinski definition) is 5. The first-order chi connectivity index (χ1) is 12.7. The number of amides is 1. The molecule has 0 saturated carbocycles. The molecular weight excluding hydrogens is 346 g/mol. The second kappa shape index (κ2) is 7.39. The Morgan fingerprint density at radius 1 is 1.27 bits per heavy atom. The number of nitrogens with zero attached hydrogens (tertiary/aromatic N) is 3. The number of piperidine rings is 1. The first kappa shape index (κ1) is 16.9. The highest BCUT2D eigenvalue weighted by Crippen LogP contribution is 2.25. The van der Waals surface area contributed by atoms with Crippen molar-refractivity contribution < 1.29 is 4.79 Å². The van der Waals surface area contributed by atoms with Crippen molar-refractivity contribution in [2.45, 2.75) is 31.8 Å². The van der Waals surface area contributed by atoms with Crippen molar-refractivity contribution in [3.05, 3.63) is 53.7 Å². The minimum atomic E-state index is -0.211. The van der Waals surface area contributed by atoms with Gasteiger partial charge in [-0.05, 0) is 49.9 Å². The second-order valence-corrected chi connectivity index (χ2v) is 7.48. The van der Waals surface area contributed by atoms with E-state index in [4.69, 9.17) is 0 Å². The van der Waals surface area contributed by atoms with Crippen LogP contribution in [0.3, 0.4) is 0 Å². The molecule has 3 aromatic rings. The van der Waals surface area contributed by atoms with Gasteiger partial charge in [0, 0.05) is 12.1 Å². The fraction of sp³-hybridized carbons (Fsp3) is 0.316. The standard InChI is InChI=1S/C19H21N5OS/c1-13-12-14(9-10-20-13)21-19(25)17-22-18(16-8-5-11-26-16)24(23-17)15-6-3-2-4-7-15/h2-8,11,13-14,20H,9-10,12H2,1H3,(H,21,25). The summed E-state index contributed by atoms with van der Waals surface area (Å²) in [6, 6.07) is 14.3. The van der Waals surface area contributed by atoms with Crippen LogP contribution in [0.5, 0.6) is 0 Å². The van der Waals surface area contributed by atoms with Gasteiger partial charge < -0.3 is 10.6 Å². The molecule has 2 aromatic heterocycles. The van der Waals surface area contributed by atoms with Crippen molar-refractivity contribution in [1.82, 2.24) is 25.4 Å². The highest BCUT2D eigenvalue weighted by atomic mass is 32.1. The molecule has 1 aliphatic rings. The number of thiophene rings is 1. The molecule has 134 valence electrons. The molecule has 1 saturated heterocycles. The summed E-state index contributed by atoms with van der Waals surface area (Å²) in [5, 5.41) is 13.0. The molecule has 4 rings (SSSR count). The number of benzene rings is 1. The van der Waals surface area contributed by atoms with Crippen LogP contribution in [-0.4, -0.2) is 39.3 Å². The lowest BCUT2D eigenvalue weighted by molar-refractivity contribution is 0.0915. The molecule has 2 unspecified atom stereocenters. The van der Waals surface area contributed by atoms with Gasteiger partial charge in [0.05, 0.1) is 10.6 Å². The summed E-state index contributed by atoms with van der Waals surface area (Å²) in [5.74, 6) is 0.690. The summed E-state index contributed by atoms with van der Waals surface area (Å²) >= 11 is 1.58. The lowest BCUT2D eigenvalue weighted by Crippen LogP contribution is -2.46. The Balaban J connectivity index is 1.64. The average molecular weight is 367 g/mol. The van der Waals surface area contributed by atoms with E-state index in [-0.39, 0.29) is 17.8 Å². The molecule has 1 aromatic carbocycles. The van der Waals surface area contributed by atoms with E-state index >= 15 is 0 Å². The molecule has 2 N–H and O–H groups in total. The topological polar surface area (TPSA) is 71.8 Å². The number of carbonyl (C=O) groups is 1. The third-order valence-corrected chi connectivity index (χ3v) is 5.38. The van der Waals surface area contributed by atoms with Crippen molar-refractivity contribution >= 4 is 17.2 Å². The van der Waals surface area contributed by atoms with Crippen molar-refractivity contribution in [1.29, 1.82) is 0 Å². The first-order valence-electron chi connectivity index (χ1n) is 8.81. The monoisotopic (exact) mass is 367 g/mol. The fourth-order valence-corrected chi connectivity index (χ4v) is 3.93. The quantitative estimate of drug-likeness (QED) is 0.744. The van der Waals surface area contributed by atoms with Crippen LogP contribution in [-0.2, 0) is 0 Å². The zero-order valence-electron chi connectivity index (χ0n) is 14.6. The average Bonchev–Trinajstić information content (AvgIpc) is 3.32. The van der Waals surface area contributed by atoms with Gasteiger partial charge in [0.1, 0.15) is 0 Å². The van der Waals surface area contributed by atoms with Gasteiger partial charge in [0.2, 0.25) is 5.82 Å². The predicted octanol–water partition coefficient (Wildman–Crippen LogP) is 2.87. The van der Waals surface area contributed by atoms with Gasteiger partial charge in [0.25, 0.3) is 5.91 Å². The minimum absolute atomic E-state index is 0.160. The second-order valence-electron chi connectivity index (χ2n) is 6.53. The highest BCUT2D eigenvalue weighted by molar-refractivity contribution is 7.13. The maximum atomic E-state index is 12.7. The van der Waals surface area contributed by atoms with Crippen LogP contribution in [0.2, 0.25) is 0 Å². The molecule has 1 amide bonds. The smallest absolute Gasteiger partial charge is 0.291 e. The van der Waals surface area contributed by atoms with E-state index in [1.807, 2.05) is 47.8 Å². The van der Waals surface area contributed by atoms with E-state index in [1.54, 1.807) is 16.0 Å². The normalized spacial score (nSPS) is 20.0. The minimum Gasteiger partial charge on any atom is -0.346 e. The number of carbonyl (C=O) groups excluding carboxylic acids is 1. The molecule has 0 spiro atoms. The number of nitrogens with one attached hydrogen (secondary N) is 2. The van der Waals surface area contributed by atoms with Gasteiger partial charge in [-0.3, -0.25) is 4.79 Å². The van der Waals surface area contributed by atoms with Crippen molar-refractivity contribution in [2.75, 3.05) is 6.54 Å². The van der Waals surface area contributed by atoms with E-state index in [2.05, 4.69) is 27.6 Å². The Kier molecular flexibility index (Phi) is 4.81. The molecule has 0 bridgehead atoms. The molecule has 0 radical (unpaired) electrons. The Morgan fingerprint density at radius 2 is 2.12 bits per heavy atom. The molecule has 1 fully saturated rings. The van der Waals surface area contributed by atoms with E-state index in [1.165, 1.54) is 0 Å². The molecule has 0 aliphatic carbocycles. The van der Waals surface area contributed by atoms with Gasteiger partial charge in [-0.15, -0.1) is 16.4 Å². The van der Waals surface area contributed by atoms with Crippen LogP contribution < -0.4 is 10.6 Å². The van der Waals surface area contributed by atoms with Gasteiger partial charge in [0.15, 0.2) is 5.82 Å². The highest BCUT2D eigenvalue weighted by Gasteiger charge is 2.24. The van der Waals surface area contributed by atoms with E-state index < -0.39 is 0 Å². The Hall–Kier alpha value is -2.51. The lowest BCUT2D eigenvalue weighted by atomic mass is 10.0. The first-order valence-corrected chi connectivity index (χ1v) is 9.69. The van der Waals surface area contributed by atoms with E-state index in [0.717, 1.165) is 30.0 Å². The van der Waals surface area contributed by atoms with Crippen LogP contribution >= 0.6 is 11.3 Å².